The fraction of sp³-hybridized carbons (Fsp3) is 0.857. The summed E-state index contributed by atoms with van der Waals surface area (Å²) in [6.07, 6.45) is 2.61. The fourth-order valence-corrected chi connectivity index (χ4v) is 1.66. The Labute approximate surface area is 115 Å². The quantitative estimate of drug-likeness (QED) is 0.468. The van der Waals surface area contributed by atoms with E-state index in [1.165, 1.54) is 18.8 Å². The van der Waals surface area contributed by atoms with Crippen molar-refractivity contribution in [1.82, 2.24) is 0 Å². The molecular formula is C14H30Mg. The molecule has 0 aromatic carbocycles. The minimum absolute atomic E-state index is 0. The van der Waals surface area contributed by atoms with Crippen molar-refractivity contribution < 1.29 is 0 Å². The first-order valence-electron chi connectivity index (χ1n) is 5.93. The van der Waals surface area contributed by atoms with Crippen LogP contribution in [0, 0.1) is 23.7 Å². The maximum Gasteiger partial charge on any atom is 2.00 e. The molecule has 0 fully saturated rings. The third kappa shape index (κ3) is 14.8. The predicted octanol–water partition coefficient (Wildman–Crippen LogP) is 4.91. The van der Waals surface area contributed by atoms with Gasteiger partial charge in [-0.3, -0.25) is 0 Å². The average Bonchev–Trinajstić information content (AvgIpc) is 2.03. The molecule has 0 aromatic heterocycles. The summed E-state index contributed by atoms with van der Waals surface area (Å²) in [7, 11) is 0. The zero-order valence-electron chi connectivity index (χ0n) is 12.3. The summed E-state index contributed by atoms with van der Waals surface area (Å²) in [6.45, 7) is 17.7. The molecule has 0 nitrogen and oxygen atoms in total. The van der Waals surface area contributed by atoms with Crippen LogP contribution in [-0.2, 0) is 0 Å². The molecule has 2 atom stereocenters. The second-order valence-corrected chi connectivity index (χ2v) is 4.98. The van der Waals surface area contributed by atoms with Gasteiger partial charge in [0.1, 0.15) is 0 Å². The Morgan fingerprint density at radius 1 is 0.867 bits per heavy atom. The fourth-order valence-electron chi connectivity index (χ4n) is 1.66. The van der Waals surface area contributed by atoms with Crippen LogP contribution in [0.5, 0.6) is 0 Å². The summed E-state index contributed by atoms with van der Waals surface area (Å²) in [5.74, 6) is 4.73. The Morgan fingerprint density at radius 3 is 1.27 bits per heavy atom. The van der Waals surface area contributed by atoms with E-state index < -0.39 is 0 Å². The van der Waals surface area contributed by atoms with Crippen molar-refractivity contribution in [2.45, 2.75) is 68.2 Å². The Kier molecular flexibility index (Phi) is 18.0. The smallest absolute Gasteiger partial charge is 0.323 e. The van der Waals surface area contributed by atoms with Crippen LogP contribution < -0.4 is 0 Å². The maximum atomic E-state index is 2.35. The van der Waals surface area contributed by atoms with Gasteiger partial charge in [-0.15, -0.1) is 0 Å². The van der Waals surface area contributed by atoms with Gasteiger partial charge in [0.05, 0.1) is 0 Å². The summed E-state index contributed by atoms with van der Waals surface area (Å²) in [6, 6.07) is 0. The third-order valence-corrected chi connectivity index (χ3v) is 2.51. The number of rotatable bonds is 4. The monoisotopic (exact) mass is 222 g/mol. The molecule has 0 amide bonds. The molecular weight excluding hydrogens is 192 g/mol. The minimum Gasteiger partial charge on any atom is -0.323 e. The molecule has 0 radical (unpaired) electrons. The summed E-state index contributed by atoms with van der Waals surface area (Å²) in [5.41, 5.74) is 0. The van der Waals surface area contributed by atoms with Gasteiger partial charge in [0, 0.05) is 0 Å². The molecule has 0 spiro atoms. The Hall–Kier alpha value is 0.766. The van der Waals surface area contributed by atoms with E-state index in [0.717, 1.165) is 11.8 Å². The van der Waals surface area contributed by atoms with E-state index in [9.17, 15) is 0 Å². The molecule has 88 valence electrons. The van der Waals surface area contributed by atoms with E-state index >= 15 is 0 Å². The van der Waals surface area contributed by atoms with Gasteiger partial charge in [-0.25, -0.2) is 0 Å². The van der Waals surface area contributed by atoms with Crippen molar-refractivity contribution in [3.05, 3.63) is 11.8 Å². The molecule has 0 saturated carbocycles. The van der Waals surface area contributed by atoms with Crippen LogP contribution in [0.15, 0.2) is 0 Å². The SMILES string of the molecule is CCC(C)C(CC)[C-](C)C.C[C-](C)C.[Mg+2]. The van der Waals surface area contributed by atoms with Crippen LogP contribution in [0.1, 0.15) is 68.2 Å². The zero-order valence-corrected chi connectivity index (χ0v) is 13.7. The molecule has 15 heavy (non-hydrogen) atoms. The molecule has 0 rings (SSSR count). The standard InChI is InChI=1S/C10H21.C4H9.Mg/c1-6-9(5)10(7-2)8(3)4;1-4(2)3;/h9-10H,6-7H2,1-5H3;1-3H3;/q2*-1;+2. The first-order valence-corrected chi connectivity index (χ1v) is 5.93. The van der Waals surface area contributed by atoms with E-state index in [2.05, 4.69) is 55.4 Å². The van der Waals surface area contributed by atoms with Gasteiger partial charge in [0.2, 0.25) is 0 Å². The largest absolute Gasteiger partial charge is 2.00 e. The van der Waals surface area contributed by atoms with Gasteiger partial charge in [0.15, 0.2) is 0 Å². The second-order valence-electron chi connectivity index (χ2n) is 4.98. The third-order valence-electron chi connectivity index (χ3n) is 2.51. The predicted molar refractivity (Wildman–Crippen MR) is 73.8 cm³/mol. The van der Waals surface area contributed by atoms with Crippen LogP contribution in [0.2, 0.25) is 0 Å². The molecule has 0 aromatic rings. The van der Waals surface area contributed by atoms with Crippen molar-refractivity contribution in [1.29, 1.82) is 0 Å². The van der Waals surface area contributed by atoms with Gasteiger partial charge in [-0.05, 0) is 0 Å². The molecule has 2 unspecified atom stereocenters. The number of hydrogen-bond acceptors (Lipinski definition) is 0. The Morgan fingerprint density at radius 2 is 1.20 bits per heavy atom. The average molecular weight is 223 g/mol. The maximum absolute atomic E-state index is 2.35. The van der Waals surface area contributed by atoms with Crippen LogP contribution >= 0.6 is 0 Å². The molecule has 0 aliphatic carbocycles. The first-order chi connectivity index (χ1) is 6.36. The van der Waals surface area contributed by atoms with E-state index in [-0.39, 0.29) is 23.1 Å². The van der Waals surface area contributed by atoms with Crippen molar-refractivity contribution in [2.24, 2.45) is 11.8 Å². The summed E-state index contributed by atoms with van der Waals surface area (Å²) < 4.78 is 0. The molecule has 0 heterocycles. The topological polar surface area (TPSA) is 0 Å². The summed E-state index contributed by atoms with van der Waals surface area (Å²) >= 11 is 0. The van der Waals surface area contributed by atoms with Gasteiger partial charge in [-0.2, -0.15) is 40.5 Å². The molecule has 1 heteroatoms. The molecule has 0 aliphatic heterocycles. The number of hydrogen-bond donors (Lipinski definition) is 0. The van der Waals surface area contributed by atoms with Crippen molar-refractivity contribution in [3.8, 4) is 0 Å². The molecule has 0 bridgehead atoms. The van der Waals surface area contributed by atoms with Crippen molar-refractivity contribution >= 4 is 23.1 Å². The molecule has 0 saturated heterocycles. The Bertz CT molecular complexity index is 105. The van der Waals surface area contributed by atoms with E-state index in [1.807, 2.05) is 0 Å². The van der Waals surface area contributed by atoms with Crippen LogP contribution in [-0.4, -0.2) is 23.1 Å². The van der Waals surface area contributed by atoms with Gasteiger partial charge < -0.3 is 11.8 Å². The van der Waals surface area contributed by atoms with Crippen molar-refractivity contribution in [2.75, 3.05) is 0 Å². The Balaban J connectivity index is -0.000000249. The summed E-state index contributed by atoms with van der Waals surface area (Å²) in [5, 5.41) is 0. The van der Waals surface area contributed by atoms with Gasteiger partial charge >= 0.3 is 23.1 Å². The normalized spacial score (nSPS) is 14.0. The first kappa shape index (κ1) is 21.1. The molecule has 0 N–H and O–H groups in total. The van der Waals surface area contributed by atoms with Crippen LogP contribution in [0.4, 0.5) is 0 Å². The minimum atomic E-state index is 0. The summed E-state index contributed by atoms with van der Waals surface area (Å²) in [4.78, 5) is 0. The van der Waals surface area contributed by atoms with Crippen molar-refractivity contribution in [3.63, 3.8) is 0 Å². The van der Waals surface area contributed by atoms with Gasteiger partial charge in [-0.1, -0.05) is 39.5 Å². The van der Waals surface area contributed by atoms with E-state index in [4.69, 9.17) is 0 Å². The van der Waals surface area contributed by atoms with Crippen LogP contribution in [0.3, 0.4) is 0 Å². The second kappa shape index (κ2) is 12.8. The zero-order chi connectivity index (χ0) is 11.7. The molecule has 0 aliphatic rings. The van der Waals surface area contributed by atoms with Gasteiger partial charge in [0.25, 0.3) is 0 Å². The van der Waals surface area contributed by atoms with E-state index in [1.54, 1.807) is 5.92 Å². The van der Waals surface area contributed by atoms with E-state index in [0.29, 0.717) is 0 Å². The van der Waals surface area contributed by atoms with Crippen LogP contribution in [0.25, 0.3) is 0 Å².